The van der Waals surface area contributed by atoms with Crippen LogP contribution in [0.25, 0.3) is 0 Å². The minimum atomic E-state index is -3.58. The first kappa shape index (κ1) is 15.7. The molecule has 0 radical (unpaired) electrons. The van der Waals surface area contributed by atoms with Crippen molar-refractivity contribution in [3.8, 4) is 0 Å². The number of ether oxygens (including phenoxy) is 1. The van der Waals surface area contributed by atoms with Crippen molar-refractivity contribution in [3.63, 3.8) is 0 Å². The fourth-order valence-corrected chi connectivity index (χ4v) is 2.54. The van der Waals surface area contributed by atoms with E-state index < -0.39 is 15.9 Å². The summed E-state index contributed by atoms with van der Waals surface area (Å²) in [5.41, 5.74) is 2.14. The van der Waals surface area contributed by atoms with E-state index in [0.717, 1.165) is 11.1 Å². The number of aryl methyl sites for hydroxylation is 2. The van der Waals surface area contributed by atoms with Gasteiger partial charge in [-0.1, -0.05) is 24.3 Å². The molecule has 1 amide bonds. The van der Waals surface area contributed by atoms with Gasteiger partial charge in [-0.3, -0.25) is 9.52 Å². The van der Waals surface area contributed by atoms with Gasteiger partial charge in [0.15, 0.2) is 0 Å². The van der Waals surface area contributed by atoms with E-state index in [1.165, 1.54) is 7.11 Å². The number of carbonyl (C=O) groups is 1. The lowest BCUT2D eigenvalue weighted by molar-refractivity contribution is -0.119. The summed E-state index contributed by atoms with van der Waals surface area (Å²) >= 11 is 0. The molecule has 0 spiro atoms. The molecule has 0 heterocycles. The molecule has 0 atom stereocenters. The maximum absolute atomic E-state index is 11.6. The van der Waals surface area contributed by atoms with Crippen LogP contribution >= 0.6 is 0 Å². The minimum absolute atomic E-state index is 0.0698. The molecule has 0 saturated carbocycles. The first-order valence-electron chi connectivity index (χ1n) is 6.01. The summed E-state index contributed by atoms with van der Waals surface area (Å²) in [6.07, 6.45) is 0.676. The Labute approximate surface area is 114 Å². The summed E-state index contributed by atoms with van der Waals surface area (Å²) < 4.78 is 29.6. The van der Waals surface area contributed by atoms with Crippen LogP contribution in [0, 0.1) is 6.92 Å². The largest absolute Gasteiger partial charge is 0.384 e. The molecule has 0 aliphatic carbocycles. The maximum Gasteiger partial charge on any atom is 0.237 e. The first-order valence-corrected chi connectivity index (χ1v) is 7.66. The molecule has 0 aromatic heterocycles. The smallest absolute Gasteiger partial charge is 0.237 e. The molecule has 1 aromatic carbocycles. The topological polar surface area (TPSA) is 72.5 Å². The van der Waals surface area contributed by atoms with Gasteiger partial charge in [-0.05, 0) is 24.5 Å². The molecule has 0 aliphatic heterocycles. The highest BCUT2D eigenvalue weighted by Gasteiger charge is 2.14. The van der Waals surface area contributed by atoms with Crippen molar-refractivity contribution in [1.82, 2.24) is 4.72 Å². The number of amides is 1. The summed E-state index contributed by atoms with van der Waals surface area (Å²) in [7, 11) is -2.17. The van der Waals surface area contributed by atoms with E-state index in [9.17, 15) is 13.2 Å². The van der Waals surface area contributed by atoms with E-state index in [2.05, 4.69) is 4.74 Å². The van der Waals surface area contributed by atoms with Crippen molar-refractivity contribution >= 4 is 15.9 Å². The van der Waals surface area contributed by atoms with Gasteiger partial charge in [0, 0.05) is 13.5 Å². The number of carbonyl (C=O) groups excluding carboxylic acids is 1. The Bertz CT molecular complexity index is 525. The zero-order valence-electron chi connectivity index (χ0n) is 11.2. The lowest BCUT2D eigenvalue weighted by Crippen LogP contribution is -2.33. The van der Waals surface area contributed by atoms with Crippen molar-refractivity contribution in [2.75, 3.05) is 19.5 Å². The molecule has 0 bridgehead atoms. The first-order chi connectivity index (χ1) is 8.94. The average Bonchev–Trinajstić information content (AvgIpc) is 2.35. The molecule has 0 saturated heterocycles. The van der Waals surface area contributed by atoms with Crippen LogP contribution in [0.1, 0.15) is 17.5 Å². The van der Waals surface area contributed by atoms with E-state index in [0.29, 0.717) is 6.42 Å². The van der Waals surface area contributed by atoms with Crippen LogP contribution in [0.2, 0.25) is 0 Å². The molecule has 0 unspecified atom stereocenters. The SMILES string of the molecule is COCCS(=O)(=O)NC(=O)CCc1ccccc1C. The molecule has 0 fully saturated rings. The van der Waals surface area contributed by atoms with Gasteiger partial charge in [0.25, 0.3) is 0 Å². The predicted molar refractivity (Wildman–Crippen MR) is 73.3 cm³/mol. The van der Waals surface area contributed by atoms with E-state index in [1.807, 2.05) is 35.9 Å². The van der Waals surface area contributed by atoms with Gasteiger partial charge in [0.2, 0.25) is 15.9 Å². The highest BCUT2D eigenvalue weighted by molar-refractivity contribution is 7.90. The fourth-order valence-electron chi connectivity index (χ4n) is 1.61. The normalized spacial score (nSPS) is 11.3. The summed E-state index contributed by atoms with van der Waals surface area (Å²) in [5.74, 6) is -0.695. The number of hydrogen-bond donors (Lipinski definition) is 1. The quantitative estimate of drug-likeness (QED) is 0.812. The zero-order valence-corrected chi connectivity index (χ0v) is 12.0. The number of benzene rings is 1. The van der Waals surface area contributed by atoms with Crippen molar-refractivity contribution in [2.45, 2.75) is 19.8 Å². The Hall–Kier alpha value is -1.40. The summed E-state index contributed by atoms with van der Waals surface area (Å²) in [6, 6.07) is 7.72. The van der Waals surface area contributed by atoms with Crippen molar-refractivity contribution in [2.24, 2.45) is 0 Å². The fraction of sp³-hybridized carbons (Fsp3) is 0.462. The van der Waals surface area contributed by atoms with Gasteiger partial charge in [-0.15, -0.1) is 0 Å². The molecule has 1 aromatic rings. The number of hydrogen-bond acceptors (Lipinski definition) is 4. The Morgan fingerprint density at radius 2 is 2.00 bits per heavy atom. The maximum atomic E-state index is 11.6. The molecule has 6 heteroatoms. The molecule has 106 valence electrons. The molecule has 5 nitrogen and oxygen atoms in total. The lowest BCUT2D eigenvalue weighted by Gasteiger charge is -2.07. The second-order valence-electron chi connectivity index (χ2n) is 4.26. The highest BCUT2D eigenvalue weighted by Crippen LogP contribution is 2.09. The van der Waals surface area contributed by atoms with E-state index in [-0.39, 0.29) is 18.8 Å². The average molecular weight is 285 g/mol. The Morgan fingerprint density at radius 1 is 1.32 bits per heavy atom. The monoisotopic (exact) mass is 285 g/mol. The van der Waals surface area contributed by atoms with Crippen molar-refractivity contribution in [3.05, 3.63) is 35.4 Å². The zero-order chi connectivity index (χ0) is 14.3. The van der Waals surface area contributed by atoms with E-state index >= 15 is 0 Å². The highest BCUT2D eigenvalue weighted by atomic mass is 32.2. The van der Waals surface area contributed by atoms with Crippen LogP contribution in [0.4, 0.5) is 0 Å². The molecular formula is C13H19NO4S. The van der Waals surface area contributed by atoms with E-state index in [4.69, 9.17) is 0 Å². The molecule has 1 rings (SSSR count). The Kier molecular flexibility index (Phi) is 5.98. The van der Waals surface area contributed by atoms with Gasteiger partial charge in [-0.25, -0.2) is 8.42 Å². The van der Waals surface area contributed by atoms with Crippen molar-refractivity contribution in [1.29, 1.82) is 0 Å². The van der Waals surface area contributed by atoms with Gasteiger partial charge >= 0.3 is 0 Å². The Morgan fingerprint density at radius 3 is 2.63 bits per heavy atom. The second kappa shape index (κ2) is 7.25. The second-order valence-corrected chi connectivity index (χ2v) is 6.11. The van der Waals surface area contributed by atoms with Crippen LogP contribution in [0.15, 0.2) is 24.3 Å². The van der Waals surface area contributed by atoms with E-state index in [1.54, 1.807) is 0 Å². The molecule has 1 N–H and O–H groups in total. The van der Waals surface area contributed by atoms with Crippen molar-refractivity contribution < 1.29 is 17.9 Å². The van der Waals surface area contributed by atoms with Crippen LogP contribution in [0.3, 0.4) is 0 Å². The number of sulfonamides is 1. The number of rotatable bonds is 7. The molecule has 0 aliphatic rings. The Balaban J connectivity index is 2.46. The van der Waals surface area contributed by atoms with Crippen LogP contribution < -0.4 is 4.72 Å². The van der Waals surface area contributed by atoms with Crippen LogP contribution in [-0.4, -0.2) is 33.8 Å². The van der Waals surface area contributed by atoms with Gasteiger partial charge in [0.1, 0.15) is 0 Å². The molecular weight excluding hydrogens is 266 g/mol. The standard InChI is InChI=1S/C13H19NO4S/c1-11-5-3-4-6-12(11)7-8-13(15)14-19(16,17)10-9-18-2/h3-6H,7-10H2,1-2H3,(H,14,15). The van der Waals surface area contributed by atoms with Gasteiger partial charge in [-0.2, -0.15) is 0 Å². The predicted octanol–water partition coefficient (Wildman–Crippen LogP) is 1.02. The molecule has 19 heavy (non-hydrogen) atoms. The number of nitrogens with one attached hydrogen (secondary N) is 1. The van der Waals surface area contributed by atoms with Gasteiger partial charge < -0.3 is 4.74 Å². The third-order valence-corrected chi connectivity index (χ3v) is 3.95. The van der Waals surface area contributed by atoms with Crippen LogP contribution in [-0.2, 0) is 26.0 Å². The third-order valence-electron chi connectivity index (χ3n) is 2.71. The van der Waals surface area contributed by atoms with Gasteiger partial charge in [0.05, 0.1) is 12.4 Å². The third kappa shape index (κ3) is 5.85. The number of methoxy groups -OCH3 is 1. The minimum Gasteiger partial charge on any atom is -0.384 e. The summed E-state index contributed by atoms with van der Waals surface area (Å²) in [4.78, 5) is 11.6. The summed E-state index contributed by atoms with van der Waals surface area (Å²) in [5, 5.41) is 0. The lowest BCUT2D eigenvalue weighted by atomic mass is 10.0. The van der Waals surface area contributed by atoms with Crippen LogP contribution in [0.5, 0.6) is 0 Å². The summed E-state index contributed by atoms with van der Waals surface area (Å²) in [6.45, 7) is 2.03.